The highest BCUT2D eigenvalue weighted by Gasteiger charge is 1.99. The molecule has 0 aromatic heterocycles. The molecule has 5 nitrogen and oxygen atoms in total. The van der Waals surface area contributed by atoms with Crippen LogP contribution in [0.25, 0.3) is 0 Å². The molecular weight excluding hydrogens is 280 g/mol. The Morgan fingerprint density at radius 1 is 0.864 bits per heavy atom. The molecule has 0 aliphatic carbocycles. The van der Waals surface area contributed by atoms with Gasteiger partial charge in [0.05, 0.1) is 26.4 Å². The molecule has 136 valence electrons. The molecule has 0 fully saturated rings. The first-order valence-electron chi connectivity index (χ1n) is 8.88. The van der Waals surface area contributed by atoms with Crippen LogP contribution in [0.3, 0.4) is 0 Å². The number of unbranched alkanes of at least 4 members (excludes halogenated alkanes) is 2. The van der Waals surface area contributed by atoms with Gasteiger partial charge in [-0.05, 0) is 13.5 Å². The molecule has 0 aromatic rings. The van der Waals surface area contributed by atoms with Crippen molar-refractivity contribution in [3.8, 4) is 0 Å². The summed E-state index contributed by atoms with van der Waals surface area (Å²) in [5.74, 6) is 0.0715. The average Bonchev–Trinajstić information content (AvgIpc) is 2.58. The maximum Gasteiger partial charge on any atom is 0.222 e. The van der Waals surface area contributed by atoms with E-state index < -0.39 is 0 Å². The van der Waals surface area contributed by atoms with Crippen molar-refractivity contribution in [1.82, 2.24) is 10.6 Å². The third-order valence-electron chi connectivity index (χ3n) is 2.44. The minimum absolute atomic E-state index is 0.0715. The molecule has 22 heavy (non-hydrogen) atoms. The number of carbonyl (C=O) groups is 1. The molecule has 0 spiro atoms. The quantitative estimate of drug-likeness (QED) is 0.512. The van der Waals surface area contributed by atoms with Crippen LogP contribution >= 0.6 is 0 Å². The SMILES string of the molecule is CC.CC.CCCCCNC(=O)CCOCCOCCNC. The van der Waals surface area contributed by atoms with Crippen LogP contribution < -0.4 is 10.6 Å². The van der Waals surface area contributed by atoms with Crippen molar-refractivity contribution in [3.05, 3.63) is 0 Å². The summed E-state index contributed by atoms with van der Waals surface area (Å²) in [7, 11) is 1.89. The lowest BCUT2D eigenvalue weighted by Gasteiger charge is -2.06. The molecule has 2 N–H and O–H groups in total. The van der Waals surface area contributed by atoms with E-state index in [1.54, 1.807) is 0 Å². The van der Waals surface area contributed by atoms with Crippen molar-refractivity contribution >= 4 is 5.91 Å². The molecule has 1 amide bonds. The Morgan fingerprint density at radius 2 is 1.45 bits per heavy atom. The Balaban J connectivity index is -0.000000826. The summed E-state index contributed by atoms with van der Waals surface area (Å²) in [6.45, 7) is 14.1. The second-order valence-corrected chi connectivity index (χ2v) is 4.14. The Kier molecular flexibility index (Phi) is 34.0. The Morgan fingerprint density at radius 3 is 2.00 bits per heavy atom. The Labute approximate surface area is 138 Å². The summed E-state index contributed by atoms with van der Waals surface area (Å²) in [5, 5.41) is 5.87. The Hall–Kier alpha value is -0.650. The fraction of sp³-hybridized carbons (Fsp3) is 0.941. The number of ether oxygens (including phenoxy) is 2. The predicted molar refractivity (Wildman–Crippen MR) is 95.4 cm³/mol. The normalized spacial score (nSPS) is 9.18. The second-order valence-electron chi connectivity index (χ2n) is 4.14. The van der Waals surface area contributed by atoms with Gasteiger partial charge in [0, 0.05) is 19.5 Å². The zero-order chi connectivity index (χ0) is 17.5. The minimum Gasteiger partial charge on any atom is -0.379 e. The summed E-state index contributed by atoms with van der Waals surface area (Å²) in [4.78, 5) is 11.3. The third kappa shape index (κ3) is 27.7. The number of rotatable bonds is 13. The molecule has 0 saturated carbocycles. The molecule has 5 heteroatoms. The van der Waals surface area contributed by atoms with Crippen LogP contribution in [-0.2, 0) is 14.3 Å². The topological polar surface area (TPSA) is 59.6 Å². The number of carbonyl (C=O) groups excluding carboxylic acids is 1. The van der Waals surface area contributed by atoms with Crippen LogP contribution in [0, 0.1) is 0 Å². The van der Waals surface area contributed by atoms with Gasteiger partial charge in [-0.25, -0.2) is 0 Å². The summed E-state index contributed by atoms with van der Waals surface area (Å²) < 4.78 is 10.6. The van der Waals surface area contributed by atoms with Crippen molar-refractivity contribution in [2.75, 3.05) is 46.6 Å². The molecule has 0 atom stereocenters. The number of likely N-dealkylation sites (N-methyl/N-ethyl adjacent to an activating group) is 1. The summed E-state index contributed by atoms with van der Waals surface area (Å²) >= 11 is 0. The summed E-state index contributed by atoms with van der Waals surface area (Å²) in [5.41, 5.74) is 0. The molecule has 0 aliphatic heterocycles. The lowest BCUT2D eigenvalue weighted by Crippen LogP contribution is -2.25. The first-order chi connectivity index (χ1) is 10.8. The third-order valence-corrected chi connectivity index (χ3v) is 2.44. The van der Waals surface area contributed by atoms with Crippen molar-refractivity contribution < 1.29 is 14.3 Å². The van der Waals surface area contributed by atoms with Gasteiger partial charge in [-0.1, -0.05) is 47.5 Å². The van der Waals surface area contributed by atoms with E-state index in [1.807, 2.05) is 34.7 Å². The largest absolute Gasteiger partial charge is 0.379 e. The molecular formula is C17H40N2O3. The van der Waals surface area contributed by atoms with Gasteiger partial charge < -0.3 is 20.1 Å². The zero-order valence-electron chi connectivity index (χ0n) is 15.8. The standard InChI is InChI=1S/C13H28N2O3.2C2H6/c1-3-4-5-7-15-13(16)6-9-17-11-12-18-10-8-14-2;2*1-2/h14H,3-12H2,1-2H3,(H,15,16);2*1-2H3. The average molecular weight is 321 g/mol. The monoisotopic (exact) mass is 320 g/mol. The van der Waals surface area contributed by atoms with Crippen molar-refractivity contribution in [2.24, 2.45) is 0 Å². The molecule has 0 aliphatic rings. The molecule has 0 saturated heterocycles. The van der Waals surface area contributed by atoms with Gasteiger partial charge >= 0.3 is 0 Å². The van der Waals surface area contributed by atoms with Gasteiger partial charge in [-0.3, -0.25) is 4.79 Å². The molecule has 0 radical (unpaired) electrons. The zero-order valence-corrected chi connectivity index (χ0v) is 15.8. The van der Waals surface area contributed by atoms with Crippen molar-refractivity contribution in [3.63, 3.8) is 0 Å². The predicted octanol–water partition coefficient (Wildman–Crippen LogP) is 2.99. The van der Waals surface area contributed by atoms with E-state index in [0.717, 1.165) is 19.5 Å². The van der Waals surface area contributed by atoms with Gasteiger partial charge in [0.2, 0.25) is 5.91 Å². The van der Waals surface area contributed by atoms with E-state index >= 15 is 0 Å². The van der Waals surface area contributed by atoms with E-state index in [4.69, 9.17) is 9.47 Å². The smallest absolute Gasteiger partial charge is 0.222 e. The van der Waals surface area contributed by atoms with E-state index in [0.29, 0.717) is 32.8 Å². The molecule has 0 unspecified atom stereocenters. The molecule has 0 heterocycles. The maximum atomic E-state index is 11.3. The van der Waals surface area contributed by atoms with Crippen molar-refractivity contribution in [1.29, 1.82) is 0 Å². The van der Waals surface area contributed by atoms with Crippen LogP contribution in [-0.4, -0.2) is 52.5 Å². The van der Waals surface area contributed by atoms with Crippen LogP contribution in [0.5, 0.6) is 0 Å². The molecule has 0 bridgehead atoms. The highest BCUT2D eigenvalue weighted by molar-refractivity contribution is 5.75. The van der Waals surface area contributed by atoms with Gasteiger partial charge in [-0.2, -0.15) is 0 Å². The van der Waals surface area contributed by atoms with Gasteiger partial charge in [-0.15, -0.1) is 0 Å². The Bertz CT molecular complexity index is 191. The molecule has 0 rings (SSSR count). The fourth-order valence-corrected chi connectivity index (χ4v) is 1.35. The van der Waals surface area contributed by atoms with Gasteiger partial charge in [0.1, 0.15) is 0 Å². The summed E-state index contributed by atoms with van der Waals surface area (Å²) in [6.07, 6.45) is 3.83. The van der Waals surface area contributed by atoms with E-state index in [-0.39, 0.29) is 5.91 Å². The van der Waals surface area contributed by atoms with Gasteiger partial charge in [0.25, 0.3) is 0 Å². The number of hydrogen-bond donors (Lipinski definition) is 2. The van der Waals surface area contributed by atoms with Gasteiger partial charge in [0.15, 0.2) is 0 Å². The highest BCUT2D eigenvalue weighted by Crippen LogP contribution is 1.91. The highest BCUT2D eigenvalue weighted by atomic mass is 16.5. The number of amides is 1. The van der Waals surface area contributed by atoms with Crippen molar-refractivity contribution in [2.45, 2.75) is 60.3 Å². The van der Waals surface area contributed by atoms with Crippen LogP contribution in [0.2, 0.25) is 0 Å². The fourth-order valence-electron chi connectivity index (χ4n) is 1.35. The second kappa shape index (κ2) is 28.5. The first-order valence-corrected chi connectivity index (χ1v) is 8.88. The lowest BCUT2D eigenvalue weighted by molar-refractivity contribution is -0.122. The number of nitrogens with one attached hydrogen (secondary N) is 2. The minimum atomic E-state index is 0.0715. The summed E-state index contributed by atoms with van der Waals surface area (Å²) in [6, 6.07) is 0. The van der Waals surface area contributed by atoms with E-state index in [1.165, 1.54) is 12.8 Å². The van der Waals surface area contributed by atoms with Crippen LogP contribution in [0.15, 0.2) is 0 Å². The first kappa shape index (κ1) is 26.3. The van der Waals surface area contributed by atoms with Crippen LogP contribution in [0.1, 0.15) is 60.3 Å². The lowest BCUT2D eigenvalue weighted by atomic mass is 10.2. The number of hydrogen-bond acceptors (Lipinski definition) is 4. The van der Waals surface area contributed by atoms with Crippen LogP contribution in [0.4, 0.5) is 0 Å². The molecule has 0 aromatic carbocycles. The van der Waals surface area contributed by atoms with E-state index in [2.05, 4.69) is 17.6 Å². The van der Waals surface area contributed by atoms with E-state index in [9.17, 15) is 4.79 Å². The maximum absolute atomic E-state index is 11.3.